The zero-order valence-corrected chi connectivity index (χ0v) is 18.7. The highest BCUT2D eigenvalue weighted by atomic mass is 35.5. The average molecular weight is 459 g/mol. The molecule has 1 amide bonds. The lowest BCUT2D eigenvalue weighted by molar-refractivity contribution is -0.117. The lowest BCUT2D eigenvalue weighted by atomic mass is 10.1. The van der Waals surface area contributed by atoms with E-state index < -0.39 is 22.0 Å². The van der Waals surface area contributed by atoms with E-state index in [4.69, 9.17) is 16.3 Å². The van der Waals surface area contributed by atoms with Crippen molar-refractivity contribution in [3.05, 3.63) is 88.9 Å². The summed E-state index contributed by atoms with van der Waals surface area (Å²) in [6, 6.07) is 19.3. The summed E-state index contributed by atoms with van der Waals surface area (Å²) in [6.45, 7) is 1.86. The molecule has 8 heteroatoms. The molecule has 1 atom stereocenters. The Kier molecular flexibility index (Phi) is 7.33. The molecule has 6 nitrogen and oxygen atoms in total. The van der Waals surface area contributed by atoms with E-state index in [-0.39, 0.29) is 11.3 Å². The molecule has 2 N–H and O–H groups in total. The average Bonchev–Trinajstić information content (AvgIpc) is 2.76. The van der Waals surface area contributed by atoms with Gasteiger partial charge in [0.2, 0.25) is 15.9 Å². The van der Waals surface area contributed by atoms with Crippen LogP contribution in [0.4, 0.5) is 5.69 Å². The van der Waals surface area contributed by atoms with Crippen molar-refractivity contribution in [1.82, 2.24) is 4.72 Å². The quantitative estimate of drug-likeness (QED) is 0.530. The molecule has 31 heavy (non-hydrogen) atoms. The van der Waals surface area contributed by atoms with Gasteiger partial charge < -0.3 is 10.1 Å². The number of carbonyl (C=O) groups is 1. The monoisotopic (exact) mass is 458 g/mol. The highest BCUT2D eigenvalue weighted by molar-refractivity contribution is 7.89. The van der Waals surface area contributed by atoms with Gasteiger partial charge in [0.05, 0.1) is 12.0 Å². The maximum atomic E-state index is 13.0. The van der Waals surface area contributed by atoms with Crippen LogP contribution in [0.5, 0.6) is 5.75 Å². The molecule has 0 aliphatic carbocycles. The number of methoxy groups -OCH3 is 1. The normalized spacial score (nSPS) is 12.2. The van der Waals surface area contributed by atoms with E-state index in [1.54, 1.807) is 30.3 Å². The van der Waals surface area contributed by atoms with Crippen LogP contribution in [0.15, 0.2) is 77.7 Å². The number of carbonyl (C=O) groups excluding carboxylic acids is 1. The highest BCUT2D eigenvalue weighted by Gasteiger charge is 2.26. The molecule has 0 heterocycles. The van der Waals surface area contributed by atoms with Crippen LogP contribution in [0, 0.1) is 6.92 Å². The predicted octanol–water partition coefficient (Wildman–Crippen LogP) is 4.19. The molecule has 0 fully saturated rings. The second kappa shape index (κ2) is 9.96. The van der Waals surface area contributed by atoms with Crippen LogP contribution < -0.4 is 14.8 Å². The Morgan fingerprint density at radius 2 is 1.71 bits per heavy atom. The SMILES string of the molecule is COc1ccc(S(=O)(=O)NC(Cc2ccccc2)C(=O)Nc2ccc(C)c(Cl)c2)cc1. The van der Waals surface area contributed by atoms with Crippen LogP contribution in [-0.2, 0) is 21.2 Å². The molecular formula is C23H23ClN2O4S. The van der Waals surface area contributed by atoms with Gasteiger partial charge in [-0.25, -0.2) is 8.42 Å². The third-order valence-corrected chi connectivity index (χ3v) is 6.60. The Bertz CT molecular complexity index is 1150. The van der Waals surface area contributed by atoms with E-state index >= 15 is 0 Å². The van der Waals surface area contributed by atoms with Crippen molar-refractivity contribution in [1.29, 1.82) is 0 Å². The number of sulfonamides is 1. The summed E-state index contributed by atoms with van der Waals surface area (Å²) in [5, 5.41) is 3.26. The fourth-order valence-corrected chi connectivity index (χ4v) is 4.32. The zero-order chi connectivity index (χ0) is 22.4. The van der Waals surface area contributed by atoms with Crippen molar-refractivity contribution in [3.8, 4) is 5.75 Å². The molecule has 0 saturated heterocycles. The lowest BCUT2D eigenvalue weighted by Gasteiger charge is -2.19. The summed E-state index contributed by atoms with van der Waals surface area (Å²) >= 11 is 6.14. The lowest BCUT2D eigenvalue weighted by Crippen LogP contribution is -2.45. The third kappa shape index (κ3) is 6.07. The summed E-state index contributed by atoms with van der Waals surface area (Å²) < 4.78 is 33.5. The van der Waals surface area contributed by atoms with Crippen LogP contribution >= 0.6 is 11.6 Å². The second-order valence-electron chi connectivity index (χ2n) is 6.99. The minimum Gasteiger partial charge on any atom is -0.497 e. The van der Waals surface area contributed by atoms with Gasteiger partial charge in [0.1, 0.15) is 11.8 Å². The van der Waals surface area contributed by atoms with Gasteiger partial charge in [0, 0.05) is 10.7 Å². The first-order valence-corrected chi connectivity index (χ1v) is 11.4. The molecule has 3 rings (SSSR count). The molecular weight excluding hydrogens is 436 g/mol. The van der Waals surface area contributed by atoms with E-state index in [1.807, 2.05) is 37.3 Å². The van der Waals surface area contributed by atoms with Crippen LogP contribution in [0.3, 0.4) is 0 Å². The minimum absolute atomic E-state index is 0.0394. The van der Waals surface area contributed by atoms with E-state index in [0.717, 1.165) is 11.1 Å². The van der Waals surface area contributed by atoms with E-state index in [0.29, 0.717) is 16.5 Å². The fourth-order valence-electron chi connectivity index (χ4n) is 2.95. The third-order valence-electron chi connectivity index (χ3n) is 4.71. The second-order valence-corrected chi connectivity index (χ2v) is 9.11. The van der Waals surface area contributed by atoms with Gasteiger partial charge in [0.25, 0.3) is 0 Å². The Morgan fingerprint density at radius 3 is 2.32 bits per heavy atom. The van der Waals surface area contributed by atoms with Gasteiger partial charge in [-0.3, -0.25) is 4.79 Å². The highest BCUT2D eigenvalue weighted by Crippen LogP contribution is 2.21. The predicted molar refractivity (Wildman–Crippen MR) is 122 cm³/mol. The fraction of sp³-hybridized carbons (Fsp3) is 0.174. The van der Waals surface area contributed by atoms with Gasteiger partial charge in [0.15, 0.2) is 0 Å². The number of aryl methyl sites for hydroxylation is 1. The zero-order valence-electron chi connectivity index (χ0n) is 17.1. The summed E-state index contributed by atoms with van der Waals surface area (Å²) in [5.74, 6) is 0.0506. The van der Waals surface area contributed by atoms with Crippen LogP contribution in [-0.4, -0.2) is 27.5 Å². The molecule has 1 unspecified atom stereocenters. The number of hydrogen-bond acceptors (Lipinski definition) is 4. The molecule has 0 aliphatic heterocycles. The number of nitrogens with one attached hydrogen (secondary N) is 2. The summed E-state index contributed by atoms with van der Waals surface area (Å²) in [4.78, 5) is 13.1. The molecule has 0 saturated carbocycles. The van der Waals surface area contributed by atoms with Crippen LogP contribution in [0.1, 0.15) is 11.1 Å². The maximum Gasteiger partial charge on any atom is 0.242 e. The van der Waals surface area contributed by atoms with Crippen molar-refractivity contribution in [2.24, 2.45) is 0 Å². The molecule has 3 aromatic rings. The molecule has 0 radical (unpaired) electrons. The molecule has 0 spiro atoms. The van der Waals surface area contributed by atoms with Crippen molar-refractivity contribution in [2.75, 3.05) is 12.4 Å². The van der Waals surface area contributed by atoms with Gasteiger partial charge in [-0.1, -0.05) is 48.0 Å². The molecule has 0 aromatic heterocycles. The van der Waals surface area contributed by atoms with Gasteiger partial charge in [-0.15, -0.1) is 0 Å². The van der Waals surface area contributed by atoms with Crippen LogP contribution in [0.25, 0.3) is 0 Å². The van der Waals surface area contributed by atoms with E-state index in [2.05, 4.69) is 10.0 Å². The number of rotatable bonds is 8. The van der Waals surface area contributed by atoms with Gasteiger partial charge in [-0.2, -0.15) is 4.72 Å². The summed E-state index contributed by atoms with van der Waals surface area (Å²) in [5.41, 5.74) is 2.19. The van der Waals surface area contributed by atoms with Gasteiger partial charge >= 0.3 is 0 Å². The van der Waals surface area contributed by atoms with Crippen molar-refractivity contribution in [3.63, 3.8) is 0 Å². The van der Waals surface area contributed by atoms with Gasteiger partial charge in [-0.05, 0) is 60.9 Å². The van der Waals surface area contributed by atoms with E-state index in [1.165, 1.54) is 19.2 Å². The number of amides is 1. The number of halogens is 1. The van der Waals surface area contributed by atoms with E-state index in [9.17, 15) is 13.2 Å². The first kappa shape index (κ1) is 22.8. The molecule has 0 aliphatic rings. The Labute approximate surface area is 187 Å². The van der Waals surface area contributed by atoms with Crippen LogP contribution in [0.2, 0.25) is 5.02 Å². The summed E-state index contributed by atoms with van der Waals surface area (Å²) in [6.07, 6.45) is 0.182. The standard InChI is InChI=1S/C23H23ClN2O4S/c1-16-8-9-18(15-21(16)24)25-23(27)22(14-17-6-4-3-5-7-17)26-31(28,29)20-12-10-19(30-2)11-13-20/h3-13,15,22,26H,14H2,1-2H3,(H,25,27). The number of benzene rings is 3. The number of ether oxygens (including phenoxy) is 1. The Hall–Kier alpha value is -2.87. The minimum atomic E-state index is -3.95. The topological polar surface area (TPSA) is 84.5 Å². The Balaban J connectivity index is 1.85. The molecule has 162 valence electrons. The molecule has 0 bridgehead atoms. The maximum absolute atomic E-state index is 13.0. The number of hydrogen-bond donors (Lipinski definition) is 2. The van der Waals surface area contributed by atoms with Crippen molar-refractivity contribution < 1.29 is 17.9 Å². The Morgan fingerprint density at radius 1 is 1.03 bits per heavy atom. The first-order valence-electron chi connectivity index (χ1n) is 9.56. The summed E-state index contributed by atoms with van der Waals surface area (Å²) in [7, 11) is -2.45. The first-order chi connectivity index (χ1) is 14.8. The number of anilines is 1. The van der Waals surface area contributed by atoms with Crippen molar-refractivity contribution >= 4 is 33.2 Å². The smallest absolute Gasteiger partial charge is 0.242 e. The molecule has 3 aromatic carbocycles. The van der Waals surface area contributed by atoms with Crippen molar-refractivity contribution in [2.45, 2.75) is 24.3 Å². The largest absolute Gasteiger partial charge is 0.497 e.